The highest BCUT2D eigenvalue weighted by atomic mass is 16.5. The zero-order chi connectivity index (χ0) is 37.6. The molecule has 0 saturated heterocycles. The van der Waals surface area contributed by atoms with E-state index in [1.54, 1.807) is 48.8 Å². The van der Waals surface area contributed by atoms with E-state index in [1.807, 2.05) is 24.3 Å². The first-order valence-electron chi connectivity index (χ1n) is 17.0. The molecule has 14 heteroatoms. The zero-order valence-corrected chi connectivity index (χ0v) is 30.2. The van der Waals surface area contributed by atoms with Gasteiger partial charge < -0.3 is 29.6 Å². The van der Waals surface area contributed by atoms with Crippen LogP contribution in [0.1, 0.15) is 83.2 Å². The van der Waals surface area contributed by atoms with Crippen molar-refractivity contribution in [1.82, 2.24) is 21.5 Å². The number of nitrogens with zero attached hydrogens (tertiary/aromatic N) is 2. The molecule has 0 radical (unpaired) electrons. The second-order valence-corrected chi connectivity index (χ2v) is 11.5. The summed E-state index contributed by atoms with van der Waals surface area (Å²) in [5.41, 5.74) is 7.59. The number of unbranched alkanes of at least 4 members (excludes halogenated alkanes) is 4. The minimum atomic E-state index is -0.201. The van der Waals surface area contributed by atoms with E-state index in [9.17, 15) is 19.2 Å². The van der Waals surface area contributed by atoms with Crippen LogP contribution < -0.4 is 40.4 Å². The summed E-state index contributed by atoms with van der Waals surface area (Å²) in [5, 5.41) is 13.8. The van der Waals surface area contributed by atoms with E-state index >= 15 is 0 Å². The van der Waals surface area contributed by atoms with Crippen LogP contribution in [0.4, 0.5) is 0 Å². The van der Waals surface area contributed by atoms with Gasteiger partial charge in [-0.05, 0) is 73.2 Å². The third-order valence-corrected chi connectivity index (χ3v) is 7.77. The van der Waals surface area contributed by atoms with Gasteiger partial charge >= 0.3 is 0 Å². The molecule has 278 valence electrons. The van der Waals surface area contributed by atoms with Crippen molar-refractivity contribution >= 4 is 36.1 Å². The van der Waals surface area contributed by atoms with Crippen LogP contribution in [0.2, 0.25) is 0 Å². The highest BCUT2D eigenvalue weighted by molar-refractivity contribution is 5.95. The summed E-state index contributed by atoms with van der Waals surface area (Å²) in [4.78, 5) is 49.0. The third-order valence-electron chi connectivity index (χ3n) is 7.77. The van der Waals surface area contributed by atoms with Gasteiger partial charge in [-0.2, -0.15) is 10.2 Å². The standard InChI is InChI=1S/C38H48N6O8/c1-49-31-19-17-29(23-33(31)51-3)37(47)39-21-9-5-7-11-35(45)43-41-25-27-13-15-28(16-14-27)26-42-44-36(46)12-8-6-10-22-40-38(48)30-18-20-32(50-2)34(24-30)52-4/h13-20,23-26H,5-12,21-22H2,1-4H3,(H,39,47)(H,40,48)(H,43,45)(H,44,46)/b41-25-,42-26-. The predicted octanol–water partition coefficient (Wildman–Crippen LogP) is 4.60. The van der Waals surface area contributed by atoms with Gasteiger partial charge in [0.2, 0.25) is 11.8 Å². The Morgan fingerprint density at radius 2 is 0.904 bits per heavy atom. The van der Waals surface area contributed by atoms with E-state index in [4.69, 9.17) is 18.9 Å². The Kier molecular flexibility index (Phi) is 17.7. The van der Waals surface area contributed by atoms with Crippen LogP contribution in [0, 0.1) is 0 Å². The number of carbonyl (C=O) groups excluding carboxylic acids is 4. The molecule has 0 aliphatic carbocycles. The van der Waals surface area contributed by atoms with Gasteiger partial charge in [0.25, 0.3) is 11.8 Å². The molecule has 0 aromatic heterocycles. The van der Waals surface area contributed by atoms with Crippen LogP contribution in [0.3, 0.4) is 0 Å². The van der Waals surface area contributed by atoms with Crippen LogP contribution >= 0.6 is 0 Å². The summed E-state index contributed by atoms with van der Waals surface area (Å²) in [6.07, 6.45) is 8.10. The molecule has 0 fully saturated rings. The highest BCUT2D eigenvalue weighted by Crippen LogP contribution is 2.28. The number of benzene rings is 3. The lowest BCUT2D eigenvalue weighted by Gasteiger charge is -2.10. The molecule has 0 saturated carbocycles. The third kappa shape index (κ3) is 14.1. The van der Waals surface area contributed by atoms with Crippen molar-refractivity contribution < 1.29 is 38.1 Å². The summed E-state index contributed by atoms with van der Waals surface area (Å²) in [7, 11) is 6.11. The van der Waals surface area contributed by atoms with Crippen molar-refractivity contribution in [3.05, 3.63) is 82.9 Å². The Balaban J connectivity index is 1.22. The van der Waals surface area contributed by atoms with E-state index in [-0.39, 0.29) is 23.6 Å². The van der Waals surface area contributed by atoms with Crippen molar-refractivity contribution in [2.45, 2.75) is 51.4 Å². The number of hydrogen-bond acceptors (Lipinski definition) is 10. The van der Waals surface area contributed by atoms with E-state index in [0.717, 1.165) is 36.8 Å². The van der Waals surface area contributed by atoms with Gasteiger partial charge in [-0.25, -0.2) is 10.9 Å². The fourth-order valence-electron chi connectivity index (χ4n) is 4.88. The van der Waals surface area contributed by atoms with Gasteiger partial charge in [0, 0.05) is 37.1 Å². The van der Waals surface area contributed by atoms with Crippen molar-refractivity contribution in [1.29, 1.82) is 0 Å². The van der Waals surface area contributed by atoms with Gasteiger partial charge in [-0.3, -0.25) is 19.2 Å². The Morgan fingerprint density at radius 1 is 0.519 bits per heavy atom. The Morgan fingerprint density at radius 3 is 1.27 bits per heavy atom. The lowest BCUT2D eigenvalue weighted by atomic mass is 10.1. The number of nitrogens with one attached hydrogen (secondary N) is 4. The molecule has 0 bridgehead atoms. The summed E-state index contributed by atoms with van der Waals surface area (Å²) in [6.45, 7) is 0.988. The largest absolute Gasteiger partial charge is 0.493 e. The molecular formula is C38H48N6O8. The molecule has 52 heavy (non-hydrogen) atoms. The first kappa shape index (κ1) is 40.5. The Labute approximate surface area is 304 Å². The highest BCUT2D eigenvalue weighted by Gasteiger charge is 2.12. The van der Waals surface area contributed by atoms with E-state index < -0.39 is 0 Å². The maximum atomic E-state index is 12.4. The molecule has 0 unspecified atom stereocenters. The van der Waals surface area contributed by atoms with Crippen molar-refractivity contribution in [3.63, 3.8) is 0 Å². The normalized spacial score (nSPS) is 10.8. The van der Waals surface area contributed by atoms with Gasteiger partial charge in [-0.1, -0.05) is 37.1 Å². The molecule has 0 heterocycles. The number of hydrogen-bond donors (Lipinski definition) is 4. The molecule has 4 N–H and O–H groups in total. The minimum absolute atomic E-state index is 0.192. The number of rotatable bonds is 22. The lowest BCUT2D eigenvalue weighted by Crippen LogP contribution is -2.24. The lowest BCUT2D eigenvalue weighted by molar-refractivity contribution is -0.122. The van der Waals surface area contributed by atoms with E-state index in [1.165, 1.54) is 28.4 Å². The second kappa shape index (κ2) is 22.7. The zero-order valence-electron chi connectivity index (χ0n) is 30.2. The van der Waals surface area contributed by atoms with Gasteiger partial charge in [0.15, 0.2) is 23.0 Å². The van der Waals surface area contributed by atoms with Crippen LogP contribution in [0.25, 0.3) is 0 Å². The number of hydrazone groups is 2. The van der Waals surface area contributed by atoms with Crippen molar-refractivity contribution in [3.8, 4) is 23.0 Å². The Hall–Kier alpha value is -5.92. The molecule has 3 aromatic rings. The maximum Gasteiger partial charge on any atom is 0.251 e. The summed E-state index contributed by atoms with van der Waals surface area (Å²) in [6, 6.07) is 17.3. The van der Waals surface area contributed by atoms with E-state index in [2.05, 4.69) is 31.7 Å². The Bertz CT molecular complexity index is 1550. The monoisotopic (exact) mass is 716 g/mol. The fourth-order valence-corrected chi connectivity index (χ4v) is 4.88. The van der Waals surface area contributed by atoms with Crippen LogP contribution in [-0.2, 0) is 9.59 Å². The number of methoxy groups -OCH3 is 4. The average Bonchev–Trinajstić information content (AvgIpc) is 3.17. The van der Waals surface area contributed by atoms with Crippen LogP contribution in [0.15, 0.2) is 70.9 Å². The van der Waals surface area contributed by atoms with Crippen LogP contribution in [-0.4, -0.2) is 77.6 Å². The topological polar surface area (TPSA) is 178 Å². The quantitative estimate of drug-likeness (QED) is 0.0662. The maximum absolute atomic E-state index is 12.4. The number of ether oxygens (including phenoxy) is 4. The molecule has 0 atom stereocenters. The first-order valence-corrected chi connectivity index (χ1v) is 17.0. The van der Waals surface area contributed by atoms with Gasteiger partial charge in [-0.15, -0.1) is 0 Å². The SMILES string of the molecule is COc1ccc(C(=O)NCCCCCC(=O)N/N=C\c2ccc(/C=N\NC(=O)CCCCCNC(=O)c3ccc(OC)c(OC)c3)cc2)cc1OC. The second-order valence-electron chi connectivity index (χ2n) is 11.5. The summed E-state index contributed by atoms with van der Waals surface area (Å²) in [5.74, 6) is 1.30. The van der Waals surface area contributed by atoms with Gasteiger partial charge in [0.1, 0.15) is 0 Å². The first-order chi connectivity index (χ1) is 25.3. The molecule has 3 rings (SSSR count). The smallest absolute Gasteiger partial charge is 0.251 e. The molecular weight excluding hydrogens is 668 g/mol. The van der Waals surface area contributed by atoms with Crippen molar-refractivity contribution in [2.24, 2.45) is 10.2 Å². The molecule has 0 aliphatic heterocycles. The molecule has 3 aromatic carbocycles. The average molecular weight is 717 g/mol. The van der Waals surface area contributed by atoms with Crippen molar-refractivity contribution in [2.75, 3.05) is 41.5 Å². The predicted molar refractivity (Wildman–Crippen MR) is 199 cm³/mol. The fraction of sp³-hybridized carbons (Fsp3) is 0.368. The minimum Gasteiger partial charge on any atom is -0.493 e. The molecule has 4 amide bonds. The molecule has 14 nitrogen and oxygen atoms in total. The number of amides is 4. The number of carbonyl (C=O) groups is 4. The van der Waals surface area contributed by atoms with Crippen LogP contribution in [0.5, 0.6) is 23.0 Å². The summed E-state index contributed by atoms with van der Waals surface area (Å²) >= 11 is 0. The summed E-state index contributed by atoms with van der Waals surface area (Å²) < 4.78 is 20.9. The molecule has 0 spiro atoms. The van der Waals surface area contributed by atoms with Gasteiger partial charge in [0.05, 0.1) is 40.9 Å². The molecule has 0 aliphatic rings. The van der Waals surface area contributed by atoms with E-state index in [0.29, 0.717) is 72.9 Å².